The number of nitrogens with zero attached hydrogens (tertiary/aromatic N) is 3. The first-order chi connectivity index (χ1) is 13.3. The highest BCUT2D eigenvalue weighted by molar-refractivity contribution is 7.86. The molecule has 3 rings (SSSR count). The van der Waals surface area contributed by atoms with Gasteiger partial charge in [-0.1, -0.05) is 12.1 Å². The molecule has 2 heterocycles. The third-order valence-electron chi connectivity index (χ3n) is 4.98. The predicted octanol–water partition coefficient (Wildman–Crippen LogP) is 0.872. The standard InChI is InChI=1S/C19H29N3O5S/c1-15-5-4-6-18(11-15)26-14-19(23)20-7-9-21(10-8-20)28(24,25)22-12-16(2)27-17(3)13-22/h4-6,11,16-17H,7-10,12-14H2,1-3H3. The molecule has 0 aliphatic carbocycles. The Labute approximate surface area is 167 Å². The molecule has 0 radical (unpaired) electrons. The van der Waals surface area contributed by atoms with Crippen LogP contribution in [0.1, 0.15) is 19.4 Å². The topological polar surface area (TPSA) is 79.4 Å². The number of carbonyl (C=O) groups excluding carboxylic acids is 1. The smallest absolute Gasteiger partial charge is 0.282 e. The average Bonchev–Trinajstić information content (AvgIpc) is 2.65. The van der Waals surface area contributed by atoms with Crippen LogP contribution in [0.15, 0.2) is 24.3 Å². The van der Waals surface area contributed by atoms with E-state index in [4.69, 9.17) is 9.47 Å². The normalized spacial score (nSPS) is 24.9. The molecular weight excluding hydrogens is 382 g/mol. The number of aryl methyl sites for hydroxylation is 1. The Morgan fingerprint density at radius 3 is 2.36 bits per heavy atom. The van der Waals surface area contributed by atoms with Crippen molar-refractivity contribution in [3.63, 3.8) is 0 Å². The molecule has 0 saturated carbocycles. The van der Waals surface area contributed by atoms with E-state index < -0.39 is 10.2 Å². The molecule has 0 N–H and O–H groups in total. The van der Waals surface area contributed by atoms with Crippen molar-refractivity contribution in [2.45, 2.75) is 33.0 Å². The number of rotatable bonds is 5. The van der Waals surface area contributed by atoms with Gasteiger partial charge in [0, 0.05) is 39.3 Å². The molecule has 156 valence electrons. The number of piperazine rings is 1. The molecule has 0 bridgehead atoms. The highest BCUT2D eigenvalue weighted by Crippen LogP contribution is 2.19. The molecule has 9 heteroatoms. The molecule has 0 spiro atoms. The summed E-state index contributed by atoms with van der Waals surface area (Å²) in [5, 5.41) is 0. The van der Waals surface area contributed by atoms with Gasteiger partial charge < -0.3 is 14.4 Å². The minimum Gasteiger partial charge on any atom is -0.484 e. The molecule has 2 atom stereocenters. The summed E-state index contributed by atoms with van der Waals surface area (Å²) in [6.07, 6.45) is -0.250. The number of ether oxygens (including phenoxy) is 2. The van der Waals surface area contributed by atoms with Gasteiger partial charge in [0.05, 0.1) is 12.2 Å². The van der Waals surface area contributed by atoms with Crippen LogP contribution in [0.25, 0.3) is 0 Å². The van der Waals surface area contributed by atoms with Gasteiger partial charge in [0.2, 0.25) is 0 Å². The molecule has 2 saturated heterocycles. The molecule has 1 aromatic rings. The van der Waals surface area contributed by atoms with Crippen molar-refractivity contribution in [2.75, 3.05) is 45.9 Å². The van der Waals surface area contributed by atoms with E-state index in [1.54, 1.807) is 4.90 Å². The largest absolute Gasteiger partial charge is 0.484 e. The van der Waals surface area contributed by atoms with Gasteiger partial charge in [-0.3, -0.25) is 4.79 Å². The van der Waals surface area contributed by atoms with Crippen molar-refractivity contribution in [2.24, 2.45) is 0 Å². The average molecular weight is 412 g/mol. The van der Waals surface area contributed by atoms with Crippen molar-refractivity contribution >= 4 is 16.1 Å². The number of benzene rings is 1. The van der Waals surface area contributed by atoms with Gasteiger partial charge in [0.1, 0.15) is 5.75 Å². The Balaban J connectivity index is 1.51. The van der Waals surface area contributed by atoms with Gasteiger partial charge in [-0.2, -0.15) is 17.0 Å². The summed E-state index contributed by atoms with van der Waals surface area (Å²) in [4.78, 5) is 14.1. The van der Waals surface area contributed by atoms with Crippen LogP contribution < -0.4 is 4.74 Å². The quantitative estimate of drug-likeness (QED) is 0.718. The maximum atomic E-state index is 12.9. The number of carbonyl (C=O) groups is 1. The zero-order valence-corrected chi connectivity index (χ0v) is 17.5. The van der Waals surface area contributed by atoms with E-state index >= 15 is 0 Å². The zero-order valence-electron chi connectivity index (χ0n) is 16.7. The SMILES string of the molecule is Cc1cccc(OCC(=O)N2CCN(S(=O)(=O)N3CC(C)OC(C)C3)CC2)c1. The Hall–Kier alpha value is -1.68. The van der Waals surface area contributed by atoms with Crippen LogP contribution in [0, 0.1) is 6.92 Å². The minimum absolute atomic E-state index is 0.0469. The van der Waals surface area contributed by atoms with E-state index in [-0.39, 0.29) is 24.7 Å². The lowest BCUT2D eigenvalue weighted by Gasteiger charge is -2.40. The van der Waals surface area contributed by atoms with E-state index in [0.717, 1.165) is 5.56 Å². The second-order valence-electron chi connectivity index (χ2n) is 7.47. The first-order valence-corrected chi connectivity index (χ1v) is 11.0. The van der Waals surface area contributed by atoms with E-state index in [1.165, 1.54) is 8.61 Å². The predicted molar refractivity (Wildman–Crippen MR) is 105 cm³/mol. The molecule has 2 unspecified atom stereocenters. The van der Waals surface area contributed by atoms with Crippen LogP contribution in [0.5, 0.6) is 5.75 Å². The van der Waals surface area contributed by atoms with E-state index in [1.807, 2.05) is 45.0 Å². The Morgan fingerprint density at radius 2 is 1.75 bits per heavy atom. The van der Waals surface area contributed by atoms with E-state index in [2.05, 4.69) is 0 Å². The summed E-state index contributed by atoms with van der Waals surface area (Å²) in [5.41, 5.74) is 1.07. The fourth-order valence-corrected chi connectivity index (χ4v) is 5.34. The van der Waals surface area contributed by atoms with Crippen molar-refractivity contribution in [3.8, 4) is 5.75 Å². The molecule has 1 aromatic carbocycles. The van der Waals surface area contributed by atoms with Gasteiger partial charge in [-0.25, -0.2) is 0 Å². The summed E-state index contributed by atoms with van der Waals surface area (Å²) < 4.78 is 40.0. The van der Waals surface area contributed by atoms with Crippen LogP contribution in [-0.2, 0) is 19.7 Å². The summed E-state index contributed by atoms with van der Waals surface area (Å²) >= 11 is 0. The van der Waals surface area contributed by atoms with E-state index in [9.17, 15) is 13.2 Å². The number of hydrogen-bond acceptors (Lipinski definition) is 5. The van der Waals surface area contributed by atoms with Crippen molar-refractivity contribution in [1.29, 1.82) is 0 Å². The lowest BCUT2D eigenvalue weighted by molar-refractivity contribution is -0.134. The molecule has 1 amide bonds. The van der Waals surface area contributed by atoms with Gasteiger partial charge in [0.15, 0.2) is 6.61 Å². The van der Waals surface area contributed by atoms with Gasteiger partial charge in [0.25, 0.3) is 16.1 Å². The van der Waals surface area contributed by atoms with Crippen molar-refractivity contribution < 1.29 is 22.7 Å². The lowest BCUT2D eigenvalue weighted by Crippen LogP contribution is -2.58. The van der Waals surface area contributed by atoms with Crippen LogP contribution in [-0.4, -0.2) is 85.9 Å². The molecule has 2 aliphatic rings. The third-order valence-corrected chi connectivity index (χ3v) is 6.95. The molecule has 0 aromatic heterocycles. The lowest BCUT2D eigenvalue weighted by atomic mass is 10.2. The minimum atomic E-state index is -3.54. The number of hydrogen-bond donors (Lipinski definition) is 0. The van der Waals surface area contributed by atoms with Gasteiger partial charge in [-0.15, -0.1) is 0 Å². The Kier molecular flexibility index (Phi) is 6.59. The summed E-state index contributed by atoms with van der Waals surface area (Å²) in [6, 6.07) is 7.54. The molecule has 28 heavy (non-hydrogen) atoms. The zero-order chi connectivity index (χ0) is 20.3. The van der Waals surface area contributed by atoms with Crippen LogP contribution in [0.3, 0.4) is 0 Å². The van der Waals surface area contributed by atoms with Crippen LogP contribution >= 0.6 is 0 Å². The van der Waals surface area contributed by atoms with Gasteiger partial charge in [-0.05, 0) is 38.5 Å². The van der Waals surface area contributed by atoms with Crippen LogP contribution in [0.4, 0.5) is 0 Å². The number of morpholine rings is 1. The molecule has 2 fully saturated rings. The first kappa shape index (κ1) is 21.0. The summed E-state index contributed by atoms with van der Waals surface area (Å²) in [5.74, 6) is 0.525. The summed E-state index contributed by atoms with van der Waals surface area (Å²) in [7, 11) is -3.54. The van der Waals surface area contributed by atoms with Crippen molar-refractivity contribution in [1.82, 2.24) is 13.5 Å². The summed E-state index contributed by atoms with van der Waals surface area (Å²) in [6.45, 7) is 7.70. The maximum Gasteiger partial charge on any atom is 0.282 e. The Bertz CT molecular complexity index is 783. The maximum absolute atomic E-state index is 12.9. The fraction of sp³-hybridized carbons (Fsp3) is 0.632. The van der Waals surface area contributed by atoms with Crippen molar-refractivity contribution in [3.05, 3.63) is 29.8 Å². The Morgan fingerprint density at radius 1 is 1.11 bits per heavy atom. The molecule has 8 nitrogen and oxygen atoms in total. The third kappa shape index (κ3) is 5.02. The highest BCUT2D eigenvalue weighted by Gasteiger charge is 2.37. The highest BCUT2D eigenvalue weighted by atomic mass is 32.2. The first-order valence-electron chi connectivity index (χ1n) is 9.63. The second-order valence-corrected chi connectivity index (χ2v) is 9.40. The monoisotopic (exact) mass is 411 g/mol. The van der Waals surface area contributed by atoms with Gasteiger partial charge >= 0.3 is 0 Å². The number of amides is 1. The molecule has 2 aliphatic heterocycles. The fourth-order valence-electron chi connectivity index (χ4n) is 3.59. The van der Waals surface area contributed by atoms with E-state index in [0.29, 0.717) is 45.0 Å². The van der Waals surface area contributed by atoms with Crippen LogP contribution in [0.2, 0.25) is 0 Å². The molecular formula is C19H29N3O5S. The second kappa shape index (κ2) is 8.77.